The summed E-state index contributed by atoms with van der Waals surface area (Å²) >= 11 is 0. The molecule has 23 heavy (non-hydrogen) atoms. The third-order valence-electron chi connectivity index (χ3n) is 4.77. The van der Waals surface area contributed by atoms with E-state index in [9.17, 15) is 0 Å². The molecule has 0 aromatic carbocycles. The Bertz CT molecular complexity index is 709. The minimum atomic E-state index is -1.62. The van der Waals surface area contributed by atoms with Crippen LogP contribution in [0.15, 0.2) is 10.6 Å². The predicted molar refractivity (Wildman–Crippen MR) is 82.0 cm³/mol. The molecule has 0 radical (unpaired) electrons. The molecule has 6 nitrogen and oxygen atoms in total. The molecule has 2 aliphatic rings. The molecule has 1 unspecified atom stereocenters. The lowest BCUT2D eigenvalue weighted by molar-refractivity contribution is 0.135. The van der Waals surface area contributed by atoms with Crippen LogP contribution < -0.4 is 4.90 Å². The zero-order valence-electron chi connectivity index (χ0n) is 13.4. The molecule has 1 atom stereocenters. The lowest BCUT2D eigenvalue weighted by Crippen LogP contribution is -2.29. The standard InChI is InChI=1S/C16H20FN5O/c1-10-8-11(2)19-15(18-10)22-7-6-16(17,9-22)14-20-13(21-23-14)12-4-3-5-12/h8,12H,3-7,9H2,1-2H3. The van der Waals surface area contributed by atoms with E-state index in [1.54, 1.807) is 0 Å². The van der Waals surface area contributed by atoms with Crippen molar-refractivity contribution in [1.29, 1.82) is 0 Å². The van der Waals surface area contributed by atoms with Crippen LogP contribution in [0.1, 0.15) is 54.7 Å². The third-order valence-corrected chi connectivity index (χ3v) is 4.77. The normalized spacial score (nSPS) is 24.9. The molecule has 2 aromatic rings. The van der Waals surface area contributed by atoms with Crippen LogP contribution in [0.2, 0.25) is 0 Å². The maximum absolute atomic E-state index is 15.3. The molecule has 0 N–H and O–H groups in total. The summed E-state index contributed by atoms with van der Waals surface area (Å²) in [5.41, 5.74) is 0.151. The zero-order chi connectivity index (χ0) is 16.0. The number of halogens is 1. The Kier molecular flexibility index (Phi) is 3.32. The lowest BCUT2D eigenvalue weighted by atomic mass is 9.85. The molecule has 3 heterocycles. The van der Waals surface area contributed by atoms with Crippen molar-refractivity contribution < 1.29 is 8.91 Å². The summed E-state index contributed by atoms with van der Waals surface area (Å²) in [6, 6.07) is 1.91. The van der Waals surface area contributed by atoms with Gasteiger partial charge in [0.1, 0.15) is 0 Å². The molecule has 7 heteroatoms. The minimum absolute atomic E-state index is 0.103. The van der Waals surface area contributed by atoms with Crippen LogP contribution in [0.25, 0.3) is 0 Å². The van der Waals surface area contributed by atoms with Crippen molar-refractivity contribution in [3.05, 3.63) is 29.2 Å². The molecule has 1 aliphatic carbocycles. The monoisotopic (exact) mass is 317 g/mol. The fourth-order valence-electron chi connectivity index (χ4n) is 3.22. The number of alkyl halides is 1. The fraction of sp³-hybridized carbons (Fsp3) is 0.625. The summed E-state index contributed by atoms with van der Waals surface area (Å²) in [4.78, 5) is 15.0. The van der Waals surface area contributed by atoms with Gasteiger partial charge in [0.05, 0.1) is 6.54 Å². The Labute approximate surface area is 134 Å². The molecule has 0 spiro atoms. The Balaban J connectivity index is 1.55. The lowest BCUT2D eigenvalue weighted by Gasteiger charge is -2.21. The predicted octanol–water partition coefficient (Wildman–Crippen LogP) is 2.82. The summed E-state index contributed by atoms with van der Waals surface area (Å²) in [5.74, 6) is 1.67. The second-order valence-electron chi connectivity index (χ2n) is 6.67. The van der Waals surface area contributed by atoms with Gasteiger partial charge in [0, 0.05) is 30.3 Å². The number of rotatable bonds is 3. The van der Waals surface area contributed by atoms with E-state index in [-0.39, 0.29) is 12.4 Å². The molecule has 2 aromatic heterocycles. The Morgan fingerprint density at radius 2 is 1.96 bits per heavy atom. The number of aryl methyl sites for hydroxylation is 2. The van der Waals surface area contributed by atoms with Gasteiger partial charge in [-0.1, -0.05) is 11.6 Å². The highest BCUT2D eigenvalue weighted by molar-refractivity contribution is 5.36. The SMILES string of the molecule is Cc1cc(C)nc(N2CCC(F)(c3nc(C4CCC4)no3)C2)n1. The van der Waals surface area contributed by atoms with E-state index < -0.39 is 5.67 Å². The van der Waals surface area contributed by atoms with Crippen LogP contribution >= 0.6 is 0 Å². The molecule has 1 aliphatic heterocycles. The Hall–Kier alpha value is -2.05. The minimum Gasteiger partial charge on any atom is -0.337 e. The van der Waals surface area contributed by atoms with E-state index >= 15 is 4.39 Å². The molecule has 0 bridgehead atoms. The highest BCUT2D eigenvalue weighted by Gasteiger charge is 2.46. The maximum Gasteiger partial charge on any atom is 0.266 e. The topological polar surface area (TPSA) is 67.9 Å². The van der Waals surface area contributed by atoms with Crippen LogP contribution in [0.4, 0.5) is 10.3 Å². The van der Waals surface area contributed by atoms with E-state index in [4.69, 9.17) is 4.52 Å². The van der Waals surface area contributed by atoms with Crippen LogP contribution in [0, 0.1) is 13.8 Å². The molecule has 4 rings (SSSR count). The van der Waals surface area contributed by atoms with Crippen molar-refractivity contribution in [2.45, 2.75) is 51.1 Å². The van der Waals surface area contributed by atoms with Crippen LogP contribution in [0.3, 0.4) is 0 Å². The van der Waals surface area contributed by atoms with Gasteiger partial charge in [-0.05, 0) is 32.8 Å². The van der Waals surface area contributed by atoms with Crippen molar-refractivity contribution in [2.75, 3.05) is 18.0 Å². The van der Waals surface area contributed by atoms with Gasteiger partial charge in [0.25, 0.3) is 5.89 Å². The maximum atomic E-state index is 15.3. The third kappa shape index (κ3) is 2.58. The van der Waals surface area contributed by atoms with Gasteiger partial charge in [-0.2, -0.15) is 4.98 Å². The zero-order valence-corrected chi connectivity index (χ0v) is 13.4. The molecule has 0 amide bonds. The van der Waals surface area contributed by atoms with E-state index in [1.807, 2.05) is 24.8 Å². The summed E-state index contributed by atoms with van der Waals surface area (Å²) < 4.78 is 20.5. The Morgan fingerprint density at radius 3 is 2.61 bits per heavy atom. The van der Waals surface area contributed by atoms with Crippen LogP contribution in [0.5, 0.6) is 0 Å². The van der Waals surface area contributed by atoms with E-state index in [0.717, 1.165) is 24.2 Å². The molecule has 122 valence electrons. The first-order valence-corrected chi connectivity index (χ1v) is 8.14. The average Bonchev–Trinajstić information content (AvgIpc) is 3.04. The van der Waals surface area contributed by atoms with E-state index in [2.05, 4.69) is 20.1 Å². The molecule has 1 saturated heterocycles. The van der Waals surface area contributed by atoms with E-state index in [0.29, 0.717) is 30.7 Å². The largest absolute Gasteiger partial charge is 0.337 e. The van der Waals surface area contributed by atoms with Gasteiger partial charge < -0.3 is 9.42 Å². The molecule has 2 fully saturated rings. The highest BCUT2D eigenvalue weighted by Crippen LogP contribution is 2.39. The summed E-state index contributed by atoms with van der Waals surface area (Å²) in [7, 11) is 0. The van der Waals surface area contributed by atoms with Crippen molar-refractivity contribution >= 4 is 5.95 Å². The molecular weight excluding hydrogens is 297 g/mol. The number of hydrogen-bond donors (Lipinski definition) is 0. The van der Waals surface area contributed by atoms with Gasteiger partial charge in [0.15, 0.2) is 5.82 Å². The number of anilines is 1. The van der Waals surface area contributed by atoms with Gasteiger partial charge in [-0.15, -0.1) is 0 Å². The van der Waals surface area contributed by atoms with Gasteiger partial charge >= 0.3 is 0 Å². The average molecular weight is 317 g/mol. The summed E-state index contributed by atoms with van der Waals surface area (Å²) in [5, 5.41) is 3.98. The first kappa shape index (κ1) is 14.5. The molecule has 1 saturated carbocycles. The number of hydrogen-bond acceptors (Lipinski definition) is 6. The smallest absolute Gasteiger partial charge is 0.266 e. The highest BCUT2D eigenvalue weighted by atomic mass is 19.1. The second-order valence-corrected chi connectivity index (χ2v) is 6.67. The first-order chi connectivity index (χ1) is 11.0. The first-order valence-electron chi connectivity index (χ1n) is 8.14. The van der Waals surface area contributed by atoms with Crippen molar-refractivity contribution in [1.82, 2.24) is 20.1 Å². The van der Waals surface area contributed by atoms with Crippen molar-refractivity contribution in [2.24, 2.45) is 0 Å². The van der Waals surface area contributed by atoms with Gasteiger partial charge in [0.2, 0.25) is 11.6 Å². The number of nitrogens with zero attached hydrogens (tertiary/aromatic N) is 5. The fourth-order valence-corrected chi connectivity index (χ4v) is 3.22. The Morgan fingerprint density at radius 1 is 1.22 bits per heavy atom. The number of aromatic nitrogens is 4. The second kappa shape index (κ2) is 5.25. The summed E-state index contributed by atoms with van der Waals surface area (Å²) in [6.07, 6.45) is 3.64. The summed E-state index contributed by atoms with van der Waals surface area (Å²) in [6.45, 7) is 4.53. The van der Waals surface area contributed by atoms with Crippen LogP contribution in [-0.2, 0) is 5.67 Å². The van der Waals surface area contributed by atoms with Gasteiger partial charge in [-0.3, -0.25) is 0 Å². The van der Waals surface area contributed by atoms with Crippen molar-refractivity contribution in [3.8, 4) is 0 Å². The quantitative estimate of drug-likeness (QED) is 0.867. The van der Waals surface area contributed by atoms with E-state index in [1.165, 1.54) is 6.42 Å². The molecular formula is C16H20FN5O. The van der Waals surface area contributed by atoms with Crippen LogP contribution in [-0.4, -0.2) is 33.2 Å². The van der Waals surface area contributed by atoms with Gasteiger partial charge in [-0.25, -0.2) is 14.4 Å². The van der Waals surface area contributed by atoms with Crippen molar-refractivity contribution in [3.63, 3.8) is 0 Å².